The summed E-state index contributed by atoms with van der Waals surface area (Å²) in [4.78, 5) is 12.3. The summed E-state index contributed by atoms with van der Waals surface area (Å²) >= 11 is 0. The molecule has 1 fully saturated rings. The molecule has 0 heterocycles. The Kier molecular flexibility index (Phi) is 5.44. The van der Waals surface area contributed by atoms with Gasteiger partial charge in [-0.3, -0.25) is 4.79 Å². The summed E-state index contributed by atoms with van der Waals surface area (Å²) in [5, 5.41) is 3.17. The van der Waals surface area contributed by atoms with Crippen molar-refractivity contribution in [2.24, 2.45) is 5.41 Å². The van der Waals surface area contributed by atoms with Gasteiger partial charge in [0.15, 0.2) is 0 Å². The molecular weight excluding hydrogens is 270 g/mol. The van der Waals surface area contributed by atoms with E-state index in [0.29, 0.717) is 6.04 Å². The Morgan fingerprint density at radius 2 is 1.59 bits per heavy atom. The zero-order valence-electron chi connectivity index (χ0n) is 14.4. The molecule has 1 aromatic carbocycles. The Hall–Kier alpha value is -1.57. The van der Waals surface area contributed by atoms with Crippen LogP contribution < -0.4 is 5.32 Å². The maximum absolute atomic E-state index is 12.3. The summed E-state index contributed by atoms with van der Waals surface area (Å²) in [5.74, 6) is 0.0657. The molecular formula is C20H29NO. The highest BCUT2D eigenvalue weighted by Crippen LogP contribution is 2.23. The number of carbonyl (C=O) groups is 1. The molecule has 120 valence electrons. The van der Waals surface area contributed by atoms with Gasteiger partial charge < -0.3 is 5.32 Å². The summed E-state index contributed by atoms with van der Waals surface area (Å²) < 4.78 is 0. The van der Waals surface area contributed by atoms with E-state index in [-0.39, 0.29) is 11.3 Å². The molecule has 1 aliphatic carbocycles. The lowest BCUT2D eigenvalue weighted by molar-refractivity contribution is 0.0927. The number of amides is 1. The Morgan fingerprint density at radius 3 is 2.14 bits per heavy atom. The molecule has 1 amide bonds. The van der Waals surface area contributed by atoms with Gasteiger partial charge in [0.25, 0.3) is 5.91 Å². The topological polar surface area (TPSA) is 29.1 Å². The van der Waals surface area contributed by atoms with Gasteiger partial charge in [0.1, 0.15) is 0 Å². The van der Waals surface area contributed by atoms with Crippen LogP contribution in [0.4, 0.5) is 0 Å². The van der Waals surface area contributed by atoms with E-state index in [9.17, 15) is 4.79 Å². The van der Waals surface area contributed by atoms with Gasteiger partial charge in [-0.1, -0.05) is 58.2 Å². The minimum absolute atomic E-state index is 0.0657. The molecule has 0 spiro atoms. The quantitative estimate of drug-likeness (QED) is 0.816. The van der Waals surface area contributed by atoms with Crippen LogP contribution in [0.1, 0.15) is 75.7 Å². The van der Waals surface area contributed by atoms with Crippen molar-refractivity contribution in [3.63, 3.8) is 0 Å². The third-order valence-corrected chi connectivity index (χ3v) is 4.19. The van der Waals surface area contributed by atoms with Crippen LogP contribution in [0.25, 0.3) is 5.57 Å². The van der Waals surface area contributed by atoms with Crippen molar-refractivity contribution in [1.29, 1.82) is 0 Å². The first-order chi connectivity index (χ1) is 10.3. The predicted molar refractivity (Wildman–Crippen MR) is 93.9 cm³/mol. The minimum atomic E-state index is 0.0657. The van der Waals surface area contributed by atoms with Gasteiger partial charge in [-0.15, -0.1) is 0 Å². The van der Waals surface area contributed by atoms with Crippen molar-refractivity contribution in [2.75, 3.05) is 0 Å². The highest BCUT2D eigenvalue weighted by atomic mass is 16.1. The molecule has 0 aromatic heterocycles. The van der Waals surface area contributed by atoms with E-state index < -0.39 is 0 Å². The lowest BCUT2D eigenvalue weighted by atomic mass is 9.91. The number of allylic oxidation sites excluding steroid dienone is 2. The number of hydrogen-bond donors (Lipinski definition) is 1. The average Bonchev–Trinajstić information content (AvgIpc) is 2.46. The van der Waals surface area contributed by atoms with Crippen LogP contribution in [-0.2, 0) is 0 Å². The fourth-order valence-corrected chi connectivity index (χ4v) is 3.13. The predicted octanol–water partition coefficient (Wildman–Crippen LogP) is 5.20. The molecule has 1 aliphatic rings. The van der Waals surface area contributed by atoms with Crippen LogP contribution in [0.15, 0.2) is 30.3 Å². The van der Waals surface area contributed by atoms with Crippen molar-refractivity contribution < 1.29 is 4.79 Å². The largest absolute Gasteiger partial charge is 0.349 e. The minimum Gasteiger partial charge on any atom is -0.349 e. The number of benzene rings is 1. The maximum Gasteiger partial charge on any atom is 0.251 e. The Labute approximate surface area is 135 Å². The van der Waals surface area contributed by atoms with Gasteiger partial charge in [-0.05, 0) is 48.4 Å². The van der Waals surface area contributed by atoms with Gasteiger partial charge in [0, 0.05) is 11.6 Å². The molecule has 2 heteroatoms. The van der Waals surface area contributed by atoms with E-state index in [4.69, 9.17) is 0 Å². The lowest BCUT2D eigenvalue weighted by Crippen LogP contribution is -2.36. The van der Waals surface area contributed by atoms with Gasteiger partial charge in [-0.25, -0.2) is 0 Å². The molecule has 1 N–H and O–H groups in total. The Bertz CT molecular complexity index is 528. The van der Waals surface area contributed by atoms with E-state index in [1.165, 1.54) is 30.4 Å². The van der Waals surface area contributed by atoms with Gasteiger partial charge in [0.05, 0.1) is 0 Å². The fraction of sp³-hybridized carbons (Fsp3) is 0.550. The third-order valence-electron chi connectivity index (χ3n) is 4.19. The highest BCUT2D eigenvalue weighted by Gasteiger charge is 2.16. The molecule has 22 heavy (non-hydrogen) atoms. The first-order valence-corrected chi connectivity index (χ1v) is 8.46. The monoisotopic (exact) mass is 299 g/mol. The van der Waals surface area contributed by atoms with Gasteiger partial charge in [-0.2, -0.15) is 0 Å². The standard InChI is InChI=1S/C20H29NO/c1-15(14-20(2,3)4)16-10-12-17(13-11-16)19(22)21-18-8-6-5-7-9-18/h10-14,18H,5-9H2,1-4H3,(H,21,22). The second-order valence-corrected chi connectivity index (χ2v) is 7.58. The summed E-state index contributed by atoms with van der Waals surface area (Å²) in [7, 11) is 0. The van der Waals surface area contributed by atoms with Crippen LogP contribution in [0.3, 0.4) is 0 Å². The summed E-state index contributed by atoms with van der Waals surface area (Å²) in [5.41, 5.74) is 3.37. The molecule has 0 saturated heterocycles. The smallest absolute Gasteiger partial charge is 0.251 e. The second-order valence-electron chi connectivity index (χ2n) is 7.58. The normalized spacial score (nSPS) is 17.4. The van der Waals surface area contributed by atoms with Gasteiger partial charge in [0.2, 0.25) is 0 Å². The van der Waals surface area contributed by atoms with Crippen LogP contribution in [0.2, 0.25) is 0 Å². The third kappa shape index (κ3) is 5.01. The molecule has 0 aliphatic heterocycles. The van der Waals surface area contributed by atoms with Crippen molar-refractivity contribution >= 4 is 11.5 Å². The zero-order valence-corrected chi connectivity index (χ0v) is 14.4. The SMILES string of the molecule is CC(=CC(C)(C)C)c1ccc(C(=O)NC2CCCCC2)cc1. The number of hydrogen-bond acceptors (Lipinski definition) is 1. The summed E-state index contributed by atoms with van der Waals surface area (Å²) in [6, 6.07) is 8.34. The van der Waals surface area contributed by atoms with Crippen molar-refractivity contribution in [3.8, 4) is 0 Å². The number of rotatable bonds is 3. The summed E-state index contributed by atoms with van der Waals surface area (Å²) in [6.07, 6.45) is 8.29. The second kappa shape index (κ2) is 7.13. The van der Waals surface area contributed by atoms with E-state index in [2.05, 4.69) is 39.1 Å². The summed E-state index contributed by atoms with van der Waals surface area (Å²) in [6.45, 7) is 8.72. The van der Waals surface area contributed by atoms with Crippen LogP contribution in [0.5, 0.6) is 0 Å². The van der Waals surface area contributed by atoms with Crippen LogP contribution in [-0.4, -0.2) is 11.9 Å². The zero-order chi connectivity index (χ0) is 16.2. The average molecular weight is 299 g/mol. The van der Waals surface area contributed by atoms with E-state index in [1.807, 2.05) is 24.3 Å². The first-order valence-electron chi connectivity index (χ1n) is 8.46. The molecule has 1 saturated carbocycles. The highest BCUT2D eigenvalue weighted by molar-refractivity contribution is 5.94. The molecule has 2 rings (SSSR count). The van der Waals surface area contributed by atoms with Gasteiger partial charge >= 0.3 is 0 Å². The van der Waals surface area contributed by atoms with Crippen LogP contribution in [0, 0.1) is 5.41 Å². The van der Waals surface area contributed by atoms with Crippen molar-refractivity contribution in [1.82, 2.24) is 5.32 Å². The maximum atomic E-state index is 12.3. The molecule has 0 radical (unpaired) electrons. The number of carbonyl (C=O) groups excluding carboxylic acids is 1. The van der Waals surface area contributed by atoms with E-state index >= 15 is 0 Å². The van der Waals surface area contributed by atoms with Crippen molar-refractivity contribution in [3.05, 3.63) is 41.5 Å². The lowest BCUT2D eigenvalue weighted by Gasteiger charge is -2.22. The fourth-order valence-electron chi connectivity index (χ4n) is 3.13. The first kappa shape index (κ1) is 16.8. The molecule has 0 atom stereocenters. The Balaban J connectivity index is 2.02. The van der Waals surface area contributed by atoms with Crippen molar-refractivity contribution in [2.45, 2.75) is 65.8 Å². The molecule has 0 bridgehead atoms. The molecule has 2 nitrogen and oxygen atoms in total. The van der Waals surface area contributed by atoms with Crippen LogP contribution >= 0.6 is 0 Å². The van der Waals surface area contributed by atoms with E-state index in [0.717, 1.165) is 18.4 Å². The molecule has 1 aromatic rings. The Morgan fingerprint density at radius 1 is 1.05 bits per heavy atom. The number of nitrogens with one attached hydrogen (secondary N) is 1. The molecule has 0 unspecified atom stereocenters. The van der Waals surface area contributed by atoms with E-state index in [1.54, 1.807) is 0 Å².